The van der Waals surface area contributed by atoms with Gasteiger partial charge in [-0.25, -0.2) is 0 Å². The molecule has 370 valence electrons. The SMILES string of the molecule is c1ccc([Se]c2cc(N(c3ccccc3)c3cccc(N(c4ccccc4)c4cc([Se]c5ccccc5)cc(N(C5CCCCC5)C5CCCCC5)c4)c3)cc(N(C3CCCCC3)C3CCCCC3)c2)cc1. The minimum atomic E-state index is 0.151. The number of nitrogens with zero attached hydrogens (tertiary/aromatic N) is 4. The van der Waals surface area contributed by atoms with E-state index in [1.54, 1.807) is 0 Å². The van der Waals surface area contributed by atoms with Gasteiger partial charge in [0.1, 0.15) is 0 Å². The van der Waals surface area contributed by atoms with Gasteiger partial charge in [-0.15, -0.1) is 0 Å². The summed E-state index contributed by atoms with van der Waals surface area (Å²) in [6.45, 7) is 0. The van der Waals surface area contributed by atoms with Crippen molar-refractivity contribution in [2.24, 2.45) is 0 Å². The molecular weight excluding hydrogens is 1010 g/mol. The van der Waals surface area contributed by atoms with Crippen molar-refractivity contribution >= 4 is 93.3 Å². The molecule has 72 heavy (non-hydrogen) atoms. The molecule has 0 atom stereocenters. The molecule has 6 heteroatoms. The first-order valence-corrected chi connectivity index (χ1v) is 31.3. The Labute approximate surface area is 444 Å². The number of hydrogen-bond donors (Lipinski definition) is 0. The first kappa shape index (κ1) is 49.0. The molecule has 0 saturated heterocycles. The van der Waals surface area contributed by atoms with E-state index >= 15 is 0 Å². The van der Waals surface area contributed by atoms with E-state index in [4.69, 9.17) is 0 Å². The van der Waals surface area contributed by atoms with Crippen LogP contribution in [0.15, 0.2) is 182 Å². The molecule has 4 fully saturated rings. The van der Waals surface area contributed by atoms with Gasteiger partial charge in [-0.05, 0) is 0 Å². The van der Waals surface area contributed by atoms with Crippen LogP contribution in [0.25, 0.3) is 0 Å². The Morgan fingerprint density at radius 2 is 0.514 bits per heavy atom. The van der Waals surface area contributed by atoms with Crippen molar-refractivity contribution in [2.45, 2.75) is 153 Å². The summed E-state index contributed by atoms with van der Waals surface area (Å²) in [7, 11) is 0. The fourth-order valence-corrected chi connectivity index (χ4v) is 16.6. The summed E-state index contributed by atoms with van der Waals surface area (Å²) >= 11 is 0.302. The Kier molecular flexibility index (Phi) is 16.5. The van der Waals surface area contributed by atoms with Gasteiger partial charge < -0.3 is 0 Å². The van der Waals surface area contributed by atoms with Crippen molar-refractivity contribution in [1.82, 2.24) is 0 Å². The van der Waals surface area contributed by atoms with Crippen LogP contribution in [0.4, 0.5) is 45.5 Å². The summed E-state index contributed by atoms with van der Waals surface area (Å²) in [5.74, 6) is 0. The van der Waals surface area contributed by atoms with Crippen LogP contribution in [-0.4, -0.2) is 54.1 Å². The Morgan fingerprint density at radius 1 is 0.236 bits per heavy atom. The van der Waals surface area contributed by atoms with Gasteiger partial charge in [0.05, 0.1) is 0 Å². The van der Waals surface area contributed by atoms with Crippen molar-refractivity contribution in [3.63, 3.8) is 0 Å². The summed E-state index contributed by atoms with van der Waals surface area (Å²) < 4.78 is 5.71. The molecule has 11 rings (SSSR count). The van der Waals surface area contributed by atoms with Gasteiger partial charge in [-0.1, -0.05) is 0 Å². The van der Waals surface area contributed by atoms with E-state index in [2.05, 4.69) is 202 Å². The normalized spacial score (nSPS) is 17.3. The Morgan fingerprint density at radius 3 is 0.847 bits per heavy atom. The van der Waals surface area contributed by atoms with E-state index < -0.39 is 0 Å². The molecule has 0 heterocycles. The monoisotopic (exact) mass is 1080 g/mol. The van der Waals surface area contributed by atoms with E-state index in [-0.39, 0.29) is 29.9 Å². The Balaban J connectivity index is 1.06. The van der Waals surface area contributed by atoms with Crippen molar-refractivity contribution < 1.29 is 0 Å². The van der Waals surface area contributed by atoms with Crippen LogP contribution < -0.4 is 37.4 Å². The quantitative estimate of drug-likeness (QED) is 0.0894. The topological polar surface area (TPSA) is 13.0 Å². The molecule has 4 saturated carbocycles. The van der Waals surface area contributed by atoms with Gasteiger partial charge in [-0.3, -0.25) is 0 Å². The number of para-hydroxylation sites is 2. The van der Waals surface area contributed by atoms with Crippen LogP contribution in [0.2, 0.25) is 0 Å². The Hall–Kier alpha value is -5.22. The van der Waals surface area contributed by atoms with Gasteiger partial charge in [0, 0.05) is 0 Å². The molecule has 4 aliphatic carbocycles. The van der Waals surface area contributed by atoms with Gasteiger partial charge in [0.25, 0.3) is 0 Å². The van der Waals surface area contributed by atoms with Gasteiger partial charge in [0.2, 0.25) is 0 Å². The van der Waals surface area contributed by atoms with Crippen LogP contribution in [0.5, 0.6) is 0 Å². The molecule has 4 aliphatic rings. The zero-order valence-electron chi connectivity index (χ0n) is 42.4. The second-order valence-electron chi connectivity index (χ2n) is 21.0. The molecule has 0 N–H and O–H groups in total. The van der Waals surface area contributed by atoms with Gasteiger partial charge in [-0.2, -0.15) is 0 Å². The number of hydrogen-bond acceptors (Lipinski definition) is 4. The standard InChI is InChI=1S/C66H74N4Se2/c1-9-26-51(27-10-1)67(52-28-11-2-12-29-52)59-45-61(49-65(47-59)71-63-40-21-7-22-41-63)69(55-34-17-5-18-35-55)57-38-25-39-58(44-57)70(56-36-19-6-20-37-56)62-46-60(48-66(50-62)72-64-42-23-8-24-43-64)68(53-30-13-3-14-31-53)54-32-15-4-16-33-54/h5-8,17-25,34-54H,1-4,9-16,26-33H2. The summed E-state index contributed by atoms with van der Waals surface area (Å²) in [5.41, 5.74) is 10.1. The van der Waals surface area contributed by atoms with Crippen LogP contribution >= 0.6 is 0 Å². The number of rotatable bonds is 16. The molecule has 0 radical (unpaired) electrons. The Bertz CT molecular complexity index is 2540. The molecule has 0 bridgehead atoms. The molecule has 0 aliphatic heterocycles. The van der Waals surface area contributed by atoms with Crippen molar-refractivity contribution in [3.05, 3.63) is 182 Å². The zero-order chi connectivity index (χ0) is 48.3. The third-order valence-electron chi connectivity index (χ3n) is 16.1. The first-order valence-electron chi connectivity index (χ1n) is 27.8. The fraction of sp³-hybridized carbons (Fsp3) is 0.364. The third kappa shape index (κ3) is 11.9. The van der Waals surface area contributed by atoms with Crippen molar-refractivity contribution in [2.75, 3.05) is 19.6 Å². The average molecular weight is 1080 g/mol. The molecule has 7 aromatic carbocycles. The number of anilines is 8. The second kappa shape index (κ2) is 24.2. The zero-order valence-corrected chi connectivity index (χ0v) is 45.8. The maximum absolute atomic E-state index is 2.95. The summed E-state index contributed by atoms with van der Waals surface area (Å²) in [4.78, 5) is 11.0. The van der Waals surface area contributed by atoms with Gasteiger partial charge >= 0.3 is 447 Å². The van der Waals surface area contributed by atoms with Crippen LogP contribution in [-0.2, 0) is 0 Å². The average Bonchev–Trinajstić information content (AvgIpc) is 3.44. The molecule has 0 aromatic heterocycles. The van der Waals surface area contributed by atoms with E-state index in [1.165, 1.54) is 192 Å². The molecule has 0 spiro atoms. The summed E-state index contributed by atoms with van der Waals surface area (Å²) in [6, 6.07) is 72.1. The van der Waals surface area contributed by atoms with Crippen molar-refractivity contribution in [3.8, 4) is 0 Å². The first-order chi connectivity index (χ1) is 35.7. The molecule has 0 amide bonds. The van der Waals surface area contributed by atoms with Crippen LogP contribution in [0.1, 0.15) is 128 Å². The van der Waals surface area contributed by atoms with E-state index in [0.717, 1.165) is 0 Å². The van der Waals surface area contributed by atoms with Crippen molar-refractivity contribution in [1.29, 1.82) is 0 Å². The van der Waals surface area contributed by atoms with Crippen LogP contribution in [0.3, 0.4) is 0 Å². The molecular formula is C66H74N4Se2. The summed E-state index contributed by atoms with van der Waals surface area (Å²) in [6.07, 6.45) is 26.6. The summed E-state index contributed by atoms with van der Waals surface area (Å²) in [5, 5.41) is 0. The fourth-order valence-electron chi connectivity index (χ4n) is 12.8. The van der Waals surface area contributed by atoms with E-state index in [1.807, 2.05) is 0 Å². The second-order valence-corrected chi connectivity index (χ2v) is 25.9. The molecule has 0 unspecified atom stereocenters. The molecule has 7 aromatic rings. The van der Waals surface area contributed by atoms with E-state index in [0.29, 0.717) is 24.2 Å². The predicted molar refractivity (Wildman–Crippen MR) is 311 cm³/mol. The third-order valence-corrected chi connectivity index (χ3v) is 20.2. The predicted octanol–water partition coefficient (Wildman–Crippen LogP) is 14.9. The minimum absolute atomic E-state index is 0.151. The van der Waals surface area contributed by atoms with Gasteiger partial charge in [0.15, 0.2) is 0 Å². The van der Waals surface area contributed by atoms with Crippen LogP contribution in [0, 0.1) is 0 Å². The van der Waals surface area contributed by atoms with E-state index in [9.17, 15) is 0 Å². The maximum atomic E-state index is 2.95. The molecule has 4 nitrogen and oxygen atoms in total. The number of benzene rings is 7.